The fourth-order valence-corrected chi connectivity index (χ4v) is 1.22. The van der Waals surface area contributed by atoms with Crippen LogP contribution in [0.25, 0.3) is 0 Å². The predicted octanol–water partition coefficient (Wildman–Crippen LogP) is 2.05. The van der Waals surface area contributed by atoms with Gasteiger partial charge in [-0.05, 0) is 32.0 Å². The third kappa shape index (κ3) is 2.07. The monoisotopic (exact) mass is 147 g/mol. The van der Waals surface area contributed by atoms with Crippen molar-refractivity contribution in [2.24, 2.45) is 4.99 Å². The fourth-order valence-electron chi connectivity index (χ4n) is 1.22. The molecule has 0 spiro atoms. The molecule has 0 aromatic heterocycles. The molecule has 0 radical (unpaired) electrons. The van der Waals surface area contributed by atoms with Crippen molar-refractivity contribution in [2.45, 2.75) is 27.2 Å². The molecule has 0 saturated heterocycles. The Balaban J connectivity index is 2.70. The van der Waals surface area contributed by atoms with Crippen LogP contribution in [0.2, 0.25) is 0 Å². The van der Waals surface area contributed by atoms with E-state index in [0.717, 1.165) is 13.7 Å². The van der Waals surface area contributed by atoms with E-state index < -0.39 is 0 Å². The van der Waals surface area contributed by atoms with Crippen LogP contribution in [0.15, 0.2) is 28.3 Å². The number of allylic oxidation sites excluding steroid dienone is 3. The van der Waals surface area contributed by atoms with E-state index in [1.165, 1.54) is 16.8 Å². The van der Waals surface area contributed by atoms with E-state index in [-0.39, 0.29) is 0 Å². The summed E-state index contributed by atoms with van der Waals surface area (Å²) in [5, 5.41) is 0. The highest BCUT2D eigenvalue weighted by molar-refractivity contribution is 6.81. The van der Waals surface area contributed by atoms with Gasteiger partial charge in [-0.3, -0.25) is 4.99 Å². The van der Waals surface area contributed by atoms with Gasteiger partial charge in [0.25, 0.3) is 0 Å². The molecule has 0 atom stereocenters. The highest BCUT2D eigenvalue weighted by Gasteiger charge is 2.09. The minimum Gasteiger partial charge on any atom is -0.269 e. The number of aliphatic imine (C=N–C) groups is 1. The molecular weight excluding hydrogens is 133 g/mol. The predicted molar refractivity (Wildman–Crippen MR) is 52.4 cm³/mol. The standard InChI is InChI=1S/C9H14BN/c1-4-5-6-9-7(2)10-8(3)11-9/h5-6,10H,4H2,1-3H3/b6-5-. The van der Waals surface area contributed by atoms with E-state index >= 15 is 0 Å². The molecule has 0 unspecified atom stereocenters. The second-order valence-corrected chi connectivity index (χ2v) is 3.00. The first-order chi connectivity index (χ1) is 5.24. The molecule has 11 heavy (non-hydrogen) atoms. The van der Waals surface area contributed by atoms with Crippen molar-refractivity contribution in [3.05, 3.63) is 23.3 Å². The van der Waals surface area contributed by atoms with Crippen LogP contribution in [0.5, 0.6) is 0 Å². The molecule has 0 aliphatic carbocycles. The third-order valence-electron chi connectivity index (χ3n) is 1.78. The van der Waals surface area contributed by atoms with Crippen molar-refractivity contribution in [1.29, 1.82) is 0 Å². The molecule has 1 rings (SSSR count). The minimum atomic E-state index is 1.06. The lowest BCUT2D eigenvalue weighted by molar-refractivity contribution is 1.21. The van der Waals surface area contributed by atoms with Crippen LogP contribution in [0, 0.1) is 0 Å². The lowest BCUT2D eigenvalue weighted by Gasteiger charge is -1.90. The summed E-state index contributed by atoms with van der Waals surface area (Å²) < 4.78 is 0. The van der Waals surface area contributed by atoms with Crippen LogP contribution in [-0.4, -0.2) is 12.9 Å². The maximum Gasteiger partial charge on any atom is 0.207 e. The highest BCUT2D eigenvalue weighted by Crippen LogP contribution is 2.13. The van der Waals surface area contributed by atoms with Crippen LogP contribution >= 0.6 is 0 Å². The maximum atomic E-state index is 4.42. The summed E-state index contributed by atoms with van der Waals surface area (Å²) in [4.78, 5) is 4.42. The molecule has 0 fully saturated rings. The van der Waals surface area contributed by atoms with Gasteiger partial charge in [-0.2, -0.15) is 0 Å². The summed E-state index contributed by atoms with van der Waals surface area (Å²) in [5.74, 6) is 0. The van der Waals surface area contributed by atoms with Crippen LogP contribution in [-0.2, 0) is 0 Å². The second-order valence-electron chi connectivity index (χ2n) is 3.00. The van der Waals surface area contributed by atoms with E-state index in [1.807, 2.05) is 0 Å². The Kier molecular flexibility index (Phi) is 2.69. The Morgan fingerprint density at radius 1 is 1.45 bits per heavy atom. The van der Waals surface area contributed by atoms with Gasteiger partial charge < -0.3 is 0 Å². The SMILES string of the molecule is CC/C=C\C1=C(C)BC(C)=N1. The zero-order valence-corrected chi connectivity index (χ0v) is 7.52. The summed E-state index contributed by atoms with van der Waals surface area (Å²) in [7, 11) is 1.06. The lowest BCUT2D eigenvalue weighted by Crippen LogP contribution is -1.98. The number of rotatable bonds is 2. The zero-order chi connectivity index (χ0) is 8.27. The fraction of sp³-hybridized carbons (Fsp3) is 0.444. The van der Waals surface area contributed by atoms with Crippen LogP contribution < -0.4 is 0 Å². The van der Waals surface area contributed by atoms with Gasteiger partial charge in [-0.1, -0.05) is 18.5 Å². The molecule has 1 heterocycles. The van der Waals surface area contributed by atoms with E-state index in [2.05, 4.69) is 37.9 Å². The average molecular weight is 147 g/mol. The molecule has 0 amide bonds. The van der Waals surface area contributed by atoms with E-state index in [9.17, 15) is 0 Å². The lowest BCUT2D eigenvalue weighted by atomic mass is 9.67. The first kappa shape index (κ1) is 8.31. The summed E-state index contributed by atoms with van der Waals surface area (Å²) in [6, 6.07) is 0. The average Bonchev–Trinajstić information content (AvgIpc) is 2.26. The van der Waals surface area contributed by atoms with Crippen molar-refractivity contribution in [3.63, 3.8) is 0 Å². The Bertz CT molecular complexity index is 236. The van der Waals surface area contributed by atoms with Crippen molar-refractivity contribution < 1.29 is 0 Å². The Labute approximate surface area is 69.2 Å². The van der Waals surface area contributed by atoms with E-state index in [1.54, 1.807) is 0 Å². The molecule has 0 saturated carbocycles. The quantitative estimate of drug-likeness (QED) is 0.530. The normalized spacial score (nSPS) is 17.5. The number of nitrogens with zero attached hydrogens (tertiary/aromatic N) is 1. The Morgan fingerprint density at radius 2 is 2.18 bits per heavy atom. The zero-order valence-electron chi connectivity index (χ0n) is 7.52. The first-order valence-electron chi connectivity index (χ1n) is 4.14. The van der Waals surface area contributed by atoms with Crippen LogP contribution in [0.3, 0.4) is 0 Å². The summed E-state index contributed by atoms with van der Waals surface area (Å²) in [5.41, 5.74) is 3.80. The van der Waals surface area contributed by atoms with Gasteiger partial charge in [0.1, 0.15) is 0 Å². The Hall–Kier alpha value is -0.785. The minimum absolute atomic E-state index is 1.06. The maximum absolute atomic E-state index is 4.42. The number of hydrogen-bond acceptors (Lipinski definition) is 1. The van der Waals surface area contributed by atoms with Crippen LogP contribution in [0.4, 0.5) is 0 Å². The molecule has 1 aliphatic rings. The largest absolute Gasteiger partial charge is 0.269 e. The van der Waals surface area contributed by atoms with Gasteiger partial charge in [0.15, 0.2) is 0 Å². The smallest absolute Gasteiger partial charge is 0.207 e. The molecule has 0 N–H and O–H groups in total. The first-order valence-corrected chi connectivity index (χ1v) is 4.14. The van der Waals surface area contributed by atoms with Crippen molar-refractivity contribution in [3.8, 4) is 0 Å². The van der Waals surface area contributed by atoms with Gasteiger partial charge >= 0.3 is 0 Å². The molecule has 0 bridgehead atoms. The molecule has 1 nitrogen and oxygen atoms in total. The third-order valence-corrected chi connectivity index (χ3v) is 1.78. The molecular formula is C9H14BN. The highest BCUT2D eigenvalue weighted by atomic mass is 14.8. The van der Waals surface area contributed by atoms with Gasteiger partial charge in [0.05, 0.1) is 5.70 Å². The van der Waals surface area contributed by atoms with Gasteiger partial charge in [0.2, 0.25) is 7.28 Å². The van der Waals surface area contributed by atoms with Gasteiger partial charge in [-0.15, -0.1) is 0 Å². The van der Waals surface area contributed by atoms with E-state index in [0.29, 0.717) is 0 Å². The summed E-state index contributed by atoms with van der Waals surface area (Å²) in [6.07, 6.45) is 5.36. The Morgan fingerprint density at radius 3 is 2.64 bits per heavy atom. The molecule has 0 aromatic carbocycles. The summed E-state index contributed by atoms with van der Waals surface area (Å²) >= 11 is 0. The van der Waals surface area contributed by atoms with E-state index in [4.69, 9.17) is 0 Å². The number of hydrogen-bond donors (Lipinski definition) is 0. The topological polar surface area (TPSA) is 12.4 Å². The molecule has 1 aliphatic heterocycles. The summed E-state index contributed by atoms with van der Waals surface area (Å²) in [6.45, 7) is 6.36. The second kappa shape index (κ2) is 3.56. The van der Waals surface area contributed by atoms with Crippen molar-refractivity contribution >= 4 is 12.9 Å². The molecule has 58 valence electrons. The van der Waals surface area contributed by atoms with Gasteiger partial charge in [-0.25, -0.2) is 0 Å². The van der Waals surface area contributed by atoms with Crippen LogP contribution in [0.1, 0.15) is 27.2 Å². The molecule has 2 heteroatoms. The van der Waals surface area contributed by atoms with Crippen molar-refractivity contribution in [2.75, 3.05) is 0 Å². The molecule has 0 aromatic rings. The van der Waals surface area contributed by atoms with Crippen molar-refractivity contribution in [1.82, 2.24) is 0 Å². The van der Waals surface area contributed by atoms with Gasteiger partial charge in [0, 0.05) is 0 Å².